The average molecular weight is 485 g/mol. The number of aromatic nitrogens is 3. The minimum absolute atomic E-state index is 0.00458. The predicted octanol–water partition coefficient (Wildman–Crippen LogP) is 3.63. The highest BCUT2D eigenvalue weighted by Gasteiger charge is 2.29. The van der Waals surface area contributed by atoms with Gasteiger partial charge >= 0.3 is 0 Å². The van der Waals surface area contributed by atoms with Crippen molar-refractivity contribution in [1.29, 1.82) is 0 Å². The van der Waals surface area contributed by atoms with Gasteiger partial charge in [-0.25, -0.2) is 0 Å². The van der Waals surface area contributed by atoms with Crippen LogP contribution in [0.25, 0.3) is 10.7 Å². The first-order chi connectivity index (χ1) is 15.8. The zero-order valence-corrected chi connectivity index (χ0v) is 20.6. The number of amides is 2. The molecule has 0 spiro atoms. The van der Waals surface area contributed by atoms with E-state index >= 15 is 0 Å². The summed E-state index contributed by atoms with van der Waals surface area (Å²) >= 11 is 6.97. The van der Waals surface area contributed by atoms with Gasteiger partial charge in [0.25, 0.3) is 0 Å². The molecule has 0 radical (unpaired) electrons. The number of carbonyl (C=O) groups excluding carboxylic acids is 2. The Morgan fingerprint density at radius 2 is 1.85 bits per heavy atom. The summed E-state index contributed by atoms with van der Waals surface area (Å²) < 4.78 is 2.22. The fourth-order valence-electron chi connectivity index (χ4n) is 4.14. The Balaban J connectivity index is 1.35. The summed E-state index contributed by atoms with van der Waals surface area (Å²) in [6.45, 7) is 8.57. The molecule has 2 aromatic heterocycles. The Labute approximate surface area is 202 Å². The molecule has 0 saturated carbocycles. The second-order valence-electron chi connectivity index (χ2n) is 8.29. The number of nitrogens with one attached hydrogen (secondary N) is 2. The van der Waals surface area contributed by atoms with Crippen molar-refractivity contribution in [1.82, 2.24) is 24.6 Å². The number of piperazine rings is 1. The predicted molar refractivity (Wildman–Crippen MR) is 133 cm³/mol. The van der Waals surface area contributed by atoms with Gasteiger partial charge in [0.2, 0.25) is 11.8 Å². The smallest absolute Gasteiger partial charge is 0.245 e. The van der Waals surface area contributed by atoms with Crippen LogP contribution >= 0.6 is 23.6 Å². The number of aryl methyl sites for hydroxylation is 2. The summed E-state index contributed by atoms with van der Waals surface area (Å²) in [5.74, 6) is 0.647. The molecular weight excluding hydrogens is 456 g/mol. The number of nitrogens with zero attached hydrogens (tertiary/aromatic N) is 4. The molecule has 1 atom stereocenters. The molecule has 4 rings (SSSR count). The Morgan fingerprint density at radius 3 is 2.48 bits per heavy atom. The van der Waals surface area contributed by atoms with E-state index in [4.69, 9.17) is 12.2 Å². The van der Waals surface area contributed by atoms with E-state index in [0.29, 0.717) is 43.3 Å². The first kappa shape index (κ1) is 23.3. The zero-order chi connectivity index (χ0) is 23.5. The maximum atomic E-state index is 13.2. The monoisotopic (exact) mass is 484 g/mol. The van der Waals surface area contributed by atoms with Crippen molar-refractivity contribution in [2.24, 2.45) is 0 Å². The molecule has 1 unspecified atom stereocenters. The van der Waals surface area contributed by atoms with Gasteiger partial charge in [-0.15, -0.1) is 11.3 Å². The van der Waals surface area contributed by atoms with Gasteiger partial charge in [-0.1, -0.05) is 24.3 Å². The number of H-pyrrole nitrogens is 1. The Hall–Kier alpha value is -2.82. The highest BCUT2D eigenvalue weighted by molar-refractivity contribution is 7.71. The van der Waals surface area contributed by atoms with E-state index in [1.807, 2.05) is 61.4 Å². The average Bonchev–Trinajstić information content (AvgIpc) is 3.45. The quantitative estimate of drug-likeness (QED) is 0.522. The maximum Gasteiger partial charge on any atom is 0.245 e. The summed E-state index contributed by atoms with van der Waals surface area (Å²) in [5, 5.41) is 12.2. The lowest BCUT2D eigenvalue weighted by Gasteiger charge is -2.35. The zero-order valence-electron chi connectivity index (χ0n) is 19.0. The van der Waals surface area contributed by atoms with Crippen molar-refractivity contribution in [3.05, 3.63) is 51.6 Å². The third-order valence-corrected chi connectivity index (χ3v) is 7.14. The SMILES string of the molecule is Cc1cccc(C)c1NC(=O)CN1CCN(C(=O)C(C)n2c(-c3cccs3)n[nH]c2=S)CC1. The molecule has 0 aliphatic carbocycles. The molecule has 33 heavy (non-hydrogen) atoms. The molecule has 1 aromatic carbocycles. The number of benzene rings is 1. The maximum absolute atomic E-state index is 13.2. The third kappa shape index (κ3) is 5.07. The summed E-state index contributed by atoms with van der Waals surface area (Å²) in [7, 11) is 0. The molecule has 1 saturated heterocycles. The summed E-state index contributed by atoms with van der Waals surface area (Å²) in [6, 6.07) is 9.41. The van der Waals surface area contributed by atoms with Gasteiger partial charge in [0.1, 0.15) is 6.04 Å². The second-order valence-corrected chi connectivity index (χ2v) is 9.63. The summed E-state index contributed by atoms with van der Waals surface area (Å²) in [4.78, 5) is 30.7. The molecule has 3 aromatic rings. The normalized spacial score (nSPS) is 15.4. The fraction of sp³-hybridized carbons (Fsp3) is 0.391. The lowest BCUT2D eigenvalue weighted by atomic mass is 10.1. The number of anilines is 1. The number of rotatable bonds is 6. The van der Waals surface area contributed by atoms with Crippen LogP contribution in [0.15, 0.2) is 35.7 Å². The summed E-state index contributed by atoms with van der Waals surface area (Å²) in [6.07, 6.45) is 0. The van der Waals surface area contributed by atoms with Crippen LogP contribution in [-0.2, 0) is 9.59 Å². The summed E-state index contributed by atoms with van der Waals surface area (Å²) in [5.41, 5.74) is 2.98. The lowest BCUT2D eigenvalue weighted by molar-refractivity contribution is -0.136. The van der Waals surface area contributed by atoms with Crippen molar-refractivity contribution in [2.75, 3.05) is 38.0 Å². The Morgan fingerprint density at radius 1 is 1.15 bits per heavy atom. The molecule has 10 heteroatoms. The number of para-hydroxylation sites is 1. The van der Waals surface area contributed by atoms with Crippen LogP contribution in [-0.4, -0.2) is 69.1 Å². The number of thiophene rings is 1. The molecular formula is C23H28N6O2S2. The molecule has 0 bridgehead atoms. The highest BCUT2D eigenvalue weighted by Crippen LogP contribution is 2.26. The minimum Gasteiger partial charge on any atom is -0.338 e. The number of carbonyl (C=O) groups is 2. The van der Waals surface area contributed by atoms with Crippen LogP contribution in [0.4, 0.5) is 5.69 Å². The van der Waals surface area contributed by atoms with Crippen LogP contribution in [0.2, 0.25) is 0 Å². The topological polar surface area (TPSA) is 86.3 Å². The van der Waals surface area contributed by atoms with Gasteiger partial charge < -0.3 is 10.2 Å². The third-order valence-electron chi connectivity index (χ3n) is 5.99. The second kappa shape index (κ2) is 9.98. The molecule has 2 N–H and O–H groups in total. The molecule has 3 heterocycles. The fourth-order valence-corrected chi connectivity index (χ4v) is 5.14. The van der Waals surface area contributed by atoms with E-state index in [9.17, 15) is 9.59 Å². The minimum atomic E-state index is -0.466. The van der Waals surface area contributed by atoms with Crippen LogP contribution in [0.5, 0.6) is 0 Å². The molecule has 8 nitrogen and oxygen atoms in total. The van der Waals surface area contributed by atoms with Gasteiger partial charge in [-0.3, -0.25) is 24.2 Å². The molecule has 1 aliphatic heterocycles. The first-order valence-corrected chi connectivity index (χ1v) is 12.2. The Kier molecular flexibility index (Phi) is 7.06. The van der Waals surface area contributed by atoms with Crippen molar-refractivity contribution < 1.29 is 9.59 Å². The first-order valence-electron chi connectivity index (χ1n) is 10.9. The largest absolute Gasteiger partial charge is 0.338 e. The van der Waals surface area contributed by atoms with Crippen molar-refractivity contribution >= 4 is 41.1 Å². The van der Waals surface area contributed by atoms with E-state index in [0.717, 1.165) is 21.7 Å². The van der Waals surface area contributed by atoms with Crippen molar-refractivity contribution in [3.63, 3.8) is 0 Å². The van der Waals surface area contributed by atoms with Gasteiger partial charge in [0, 0.05) is 31.9 Å². The standard InChI is InChI=1S/C23H28N6O2S2/c1-15-6-4-7-16(2)20(15)24-19(30)14-27-9-11-28(12-10-27)22(31)17(3)29-21(25-26-23(29)32)18-8-5-13-33-18/h4-8,13,17H,9-12,14H2,1-3H3,(H,24,30)(H,26,32). The number of hydrogen-bond acceptors (Lipinski definition) is 6. The molecule has 2 amide bonds. The van der Waals surface area contributed by atoms with Crippen LogP contribution in [0.1, 0.15) is 24.1 Å². The van der Waals surface area contributed by atoms with Crippen LogP contribution in [0, 0.1) is 18.6 Å². The molecule has 1 aliphatic rings. The van der Waals surface area contributed by atoms with E-state index in [-0.39, 0.29) is 11.8 Å². The van der Waals surface area contributed by atoms with Gasteiger partial charge in [-0.2, -0.15) is 5.10 Å². The van der Waals surface area contributed by atoms with Gasteiger partial charge in [0.15, 0.2) is 10.6 Å². The number of aromatic amines is 1. The van der Waals surface area contributed by atoms with E-state index < -0.39 is 6.04 Å². The van der Waals surface area contributed by atoms with E-state index in [2.05, 4.69) is 20.4 Å². The van der Waals surface area contributed by atoms with Gasteiger partial charge in [-0.05, 0) is 55.6 Å². The van der Waals surface area contributed by atoms with E-state index in [1.54, 1.807) is 15.9 Å². The van der Waals surface area contributed by atoms with E-state index in [1.165, 1.54) is 0 Å². The van der Waals surface area contributed by atoms with Crippen LogP contribution < -0.4 is 5.32 Å². The lowest BCUT2D eigenvalue weighted by Crippen LogP contribution is -2.51. The van der Waals surface area contributed by atoms with Crippen molar-refractivity contribution in [2.45, 2.75) is 26.8 Å². The number of hydrogen-bond donors (Lipinski definition) is 2. The van der Waals surface area contributed by atoms with Crippen LogP contribution in [0.3, 0.4) is 0 Å². The molecule has 1 fully saturated rings. The van der Waals surface area contributed by atoms with Gasteiger partial charge in [0.05, 0.1) is 11.4 Å². The highest BCUT2D eigenvalue weighted by atomic mass is 32.1. The Bertz CT molecular complexity index is 1170. The molecule has 174 valence electrons. The van der Waals surface area contributed by atoms with Crippen molar-refractivity contribution in [3.8, 4) is 10.7 Å².